The summed E-state index contributed by atoms with van der Waals surface area (Å²) in [5.41, 5.74) is 2.61. The van der Waals surface area contributed by atoms with E-state index in [1.54, 1.807) is 0 Å². The molecule has 0 saturated carbocycles. The molecule has 0 amide bonds. The normalized spacial score (nSPS) is 18.1. The van der Waals surface area contributed by atoms with Crippen LogP contribution < -0.4 is 10.6 Å². The lowest BCUT2D eigenvalue weighted by atomic mass is 10.0. The molecule has 27 heavy (non-hydrogen) atoms. The predicted molar refractivity (Wildman–Crippen MR) is 116 cm³/mol. The van der Waals surface area contributed by atoms with Gasteiger partial charge in [-0.15, -0.1) is 0 Å². The maximum atomic E-state index is 4.92. The molecule has 5 heteroatoms. The van der Waals surface area contributed by atoms with E-state index in [2.05, 4.69) is 86.5 Å². The van der Waals surface area contributed by atoms with Crippen molar-refractivity contribution in [3.8, 4) is 0 Å². The number of piperidine rings is 1. The van der Waals surface area contributed by atoms with Crippen LogP contribution in [0.15, 0.2) is 29.3 Å². The van der Waals surface area contributed by atoms with E-state index in [-0.39, 0.29) is 6.04 Å². The first-order chi connectivity index (χ1) is 12.9. The molecule has 1 aromatic carbocycles. The van der Waals surface area contributed by atoms with Crippen molar-refractivity contribution in [3.05, 3.63) is 35.4 Å². The second-order valence-corrected chi connectivity index (χ2v) is 8.16. The largest absolute Gasteiger partial charge is 0.357 e. The number of nitrogens with one attached hydrogen (secondary N) is 2. The van der Waals surface area contributed by atoms with Gasteiger partial charge in [-0.2, -0.15) is 0 Å². The van der Waals surface area contributed by atoms with Crippen molar-refractivity contribution in [2.75, 3.05) is 40.3 Å². The highest BCUT2D eigenvalue weighted by Crippen LogP contribution is 2.19. The first kappa shape index (κ1) is 21.7. The molecule has 1 fully saturated rings. The minimum atomic E-state index is 0.281. The number of rotatable bonds is 7. The molecular formula is C22H39N5. The van der Waals surface area contributed by atoms with Crippen molar-refractivity contribution < 1.29 is 0 Å². The number of benzene rings is 1. The van der Waals surface area contributed by atoms with Crippen LogP contribution in [0.25, 0.3) is 0 Å². The quantitative estimate of drug-likeness (QED) is 0.569. The van der Waals surface area contributed by atoms with Gasteiger partial charge in [-0.05, 0) is 60.2 Å². The Morgan fingerprint density at radius 2 is 1.81 bits per heavy atom. The Kier molecular flexibility index (Phi) is 8.58. The van der Waals surface area contributed by atoms with Gasteiger partial charge in [0, 0.05) is 31.7 Å². The molecule has 2 N–H and O–H groups in total. The van der Waals surface area contributed by atoms with Crippen molar-refractivity contribution >= 4 is 5.96 Å². The van der Waals surface area contributed by atoms with E-state index in [4.69, 9.17) is 4.99 Å². The van der Waals surface area contributed by atoms with E-state index in [9.17, 15) is 0 Å². The van der Waals surface area contributed by atoms with Gasteiger partial charge in [0.15, 0.2) is 5.96 Å². The van der Waals surface area contributed by atoms with Crippen LogP contribution in [-0.2, 0) is 0 Å². The van der Waals surface area contributed by atoms with Gasteiger partial charge >= 0.3 is 0 Å². The zero-order valence-corrected chi connectivity index (χ0v) is 18.1. The zero-order chi connectivity index (χ0) is 19.8. The van der Waals surface area contributed by atoms with E-state index >= 15 is 0 Å². The van der Waals surface area contributed by atoms with Crippen molar-refractivity contribution in [1.29, 1.82) is 0 Å². The summed E-state index contributed by atoms with van der Waals surface area (Å²) in [7, 11) is 4.25. The average molecular weight is 374 g/mol. The van der Waals surface area contributed by atoms with Crippen LogP contribution in [0.2, 0.25) is 0 Å². The minimum absolute atomic E-state index is 0.281. The molecule has 0 spiro atoms. The summed E-state index contributed by atoms with van der Waals surface area (Å²) in [5, 5.41) is 7.09. The zero-order valence-electron chi connectivity index (χ0n) is 18.1. The Hall–Kier alpha value is -1.59. The third-order valence-electron chi connectivity index (χ3n) is 5.45. The topological polar surface area (TPSA) is 42.9 Å². The van der Waals surface area contributed by atoms with Crippen molar-refractivity contribution in [2.45, 2.75) is 58.7 Å². The Morgan fingerprint density at radius 3 is 2.33 bits per heavy atom. The number of hydrogen-bond acceptors (Lipinski definition) is 3. The van der Waals surface area contributed by atoms with Crippen molar-refractivity contribution in [1.82, 2.24) is 20.4 Å². The Balaban J connectivity index is 1.99. The highest BCUT2D eigenvalue weighted by Gasteiger charge is 2.21. The van der Waals surface area contributed by atoms with Gasteiger partial charge in [0.1, 0.15) is 0 Å². The highest BCUT2D eigenvalue weighted by atomic mass is 15.2. The van der Waals surface area contributed by atoms with E-state index in [1.807, 2.05) is 0 Å². The number of aryl methyl sites for hydroxylation is 1. The van der Waals surface area contributed by atoms with Gasteiger partial charge in [0.2, 0.25) is 0 Å². The summed E-state index contributed by atoms with van der Waals surface area (Å²) in [6.07, 6.45) is 2.36. The second-order valence-electron chi connectivity index (χ2n) is 8.16. The maximum Gasteiger partial charge on any atom is 0.191 e. The van der Waals surface area contributed by atoms with Crippen LogP contribution in [0.1, 0.15) is 50.8 Å². The molecule has 1 atom stereocenters. The fourth-order valence-electron chi connectivity index (χ4n) is 3.61. The SMILES string of the molecule is CCNC(=NCC(c1ccc(C)cc1)N(C)C)NC1CCN(C(C)C)CC1. The molecule has 1 unspecified atom stereocenters. The van der Waals surface area contributed by atoms with Crippen LogP contribution >= 0.6 is 0 Å². The van der Waals surface area contributed by atoms with Crippen LogP contribution in [0.3, 0.4) is 0 Å². The van der Waals surface area contributed by atoms with Crippen molar-refractivity contribution in [2.24, 2.45) is 4.99 Å². The fourth-order valence-corrected chi connectivity index (χ4v) is 3.61. The van der Waals surface area contributed by atoms with E-state index < -0.39 is 0 Å². The summed E-state index contributed by atoms with van der Waals surface area (Å²) >= 11 is 0. The molecule has 0 radical (unpaired) electrons. The second kappa shape index (κ2) is 10.7. The lowest BCUT2D eigenvalue weighted by Crippen LogP contribution is -2.50. The number of aliphatic imine (C=N–C) groups is 1. The molecule has 1 aliphatic heterocycles. The molecule has 2 rings (SSSR count). The van der Waals surface area contributed by atoms with Gasteiger partial charge in [0.25, 0.3) is 0 Å². The lowest BCUT2D eigenvalue weighted by molar-refractivity contribution is 0.167. The number of likely N-dealkylation sites (N-methyl/N-ethyl adjacent to an activating group) is 1. The first-order valence-electron chi connectivity index (χ1n) is 10.4. The molecule has 1 aromatic rings. The standard InChI is InChI=1S/C22H39N5/c1-7-23-22(25-20-12-14-27(15-13-20)17(2)3)24-16-21(26(5)6)19-10-8-18(4)9-11-19/h8-11,17,20-21H,7,12-16H2,1-6H3,(H2,23,24,25). The Morgan fingerprint density at radius 1 is 1.19 bits per heavy atom. The van der Waals surface area contributed by atoms with Gasteiger partial charge in [-0.3, -0.25) is 4.99 Å². The summed E-state index contributed by atoms with van der Waals surface area (Å²) in [5.74, 6) is 0.944. The van der Waals surface area contributed by atoms with E-state index in [0.717, 1.165) is 19.0 Å². The predicted octanol–water partition coefficient (Wildman–Crippen LogP) is 3.03. The molecule has 1 saturated heterocycles. The molecule has 5 nitrogen and oxygen atoms in total. The molecular weight excluding hydrogens is 334 g/mol. The number of nitrogens with zero attached hydrogens (tertiary/aromatic N) is 3. The van der Waals surface area contributed by atoms with Gasteiger partial charge in [0.05, 0.1) is 12.6 Å². The molecule has 1 aliphatic rings. The van der Waals surface area contributed by atoms with E-state index in [0.29, 0.717) is 12.1 Å². The number of likely N-dealkylation sites (tertiary alicyclic amines) is 1. The summed E-state index contributed by atoms with van der Waals surface area (Å²) in [6, 6.07) is 10.2. The lowest BCUT2D eigenvalue weighted by Gasteiger charge is -2.35. The van der Waals surface area contributed by atoms with Gasteiger partial charge in [-0.1, -0.05) is 29.8 Å². The summed E-state index contributed by atoms with van der Waals surface area (Å²) in [6.45, 7) is 12.8. The minimum Gasteiger partial charge on any atom is -0.357 e. The monoisotopic (exact) mass is 373 g/mol. The maximum absolute atomic E-state index is 4.92. The molecule has 0 bridgehead atoms. The van der Waals surface area contributed by atoms with Crippen LogP contribution in [0.4, 0.5) is 0 Å². The third kappa shape index (κ3) is 6.82. The average Bonchev–Trinajstić information content (AvgIpc) is 2.63. The molecule has 1 heterocycles. The van der Waals surface area contributed by atoms with Crippen LogP contribution in [0.5, 0.6) is 0 Å². The molecule has 0 aromatic heterocycles. The van der Waals surface area contributed by atoms with Gasteiger partial charge < -0.3 is 20.4 Å². The smallest absolute Gasteiger partial charge is 0.191 e. The van der Waals surface area contributed by atoms with Crippen LogP contribution in [0, 0.1) is 6.92 Å². The Labute approximate surface area is 166 Å². The molecule has 152 valence electrons. The Bertz CT molecular complexity index is 571. The summed E-state index contributed by atoms with van der Waals surface area (Å²) < 4.78 is 0. The van der Waals surface area contributed by atoms with Crippen molar-refractivity contribution in [3.63, 3.8) is 0 Å². The van der Waals surface area contributed by atoms with Crippen LogP contribution in [-0.4, -0.2) is 68.1 Å². The fraction of sp³-hybridized carbons (Fsp3) is 0.682. The first-order valence-corrected chi connectivity index (χ1v) is 10.4. The number of hydrogen-bond donors (Lipinski definition) is 2. The third-order valence-corrected chi connectivity index (χ3v) is 5.45. The number of guanidine groups is 1. The highest BCUT2D eigenvalue weighted by molar-refractivity contribution is 5.80. The van der Waals surface area contributed by atoms with Gasteiger partial charge in [-0.25, -0.2) is 0 Å². The summed E-state index contributed by atoms with van der Waals surface area (Å²) in [4.78, 5) is 9.73. The van der Waals surface area contributed by atoms with E-state index in [1.165, 1.54) is 37.1 Å². The molecule has 0 aliphatic carbocycles.